The number of aryl methyl sites for hydroxylation is 1. The fourth-order valence-electron chi connectivity index (χ4n) is 1.65. The highest BCUT2D eigenvalue weighted by Crippen LogP contribution is 2.22. The summed E-state index contributed by atoms with van der Waals surface area (Å²) < 4.78 is 15.9. The van der Waals surface area contributed by atoms with Crippen LogP contribution in [0.25, 0.3) is 5.69 Å². The maximum absolute atomic E-state index is 13.1. The molecule has 1 aromatic carbocycles. The molecule has 1 N–H and O–H groups in total. The number of anilines is 1. The molecule has 0 aliphatic heterocycles. The van der Waals surface area contributed by atoms with Gasteiger partial charge in [-0.05, 0) is 47.7 Å². The number of aromatic nitrogens is 2. The van der Waals surface area contributed by atoms with Crippen LogP contribution in [0.2, 0.25) is 0 Å². The Morgan fingerprint density at radius 1 is 1.56 bits per heavy atom. The maximum Gasteiger partial charge on any atom is 0.208 e. The molecule has 0 aliphatic rings. The van der Waals surface area contributed by atoms with Gasteiger partial charge in [-0.25, -0.2) is 9.37 Å². The number of nitrogens with zero attached hydrogens (tertiary/aromatic N) is 2. The third-order valence-electron chi connectivity index (χ3n) is 2.40. The van der Waals surface area contributed by atoms with Gasteiger partial charge >= 0.3 is 0 Å². The first-order chi connectivity index (χ1) is 8.61. The van der Waals surface area contributed by atoms with Gasteiger partial charge in [0, 0.05) is 16.3 Å². The molecule has 3 nitrogen and oxygen atoms in total. The van der Waals surface area contributed by atoms with Gasteiger partial charge in [-0.3, -0.25) is 4.57 Å². The predicted molar refractivity (Wildman–Crippen MR) is 79.7 cm³/mol. The molecule has 0 saturated carbocycles. The second-order valence-electron chi connectivity index (χ2n) is 3.84. The van der Waals surface area contributed by atoms with E-state index in [-0.39, 0.29) is 5.82 Å². The van der Waals surface area contributed by atoms with Crippen molar-refractivity contribution in [2.45, 2.75) is 6.92 Å². The maximum atomic E-state index is 13.1. The highest BCUT2D eigenvalue weighted by atomic mass is 127. The summed E-state index contributed by atoms with van der Waals surface area (Å²) in [6.07, 6.45) is 3.69. The van der Waals surface area contributed by atoms with Crippen LogP contribution in [0.4, 0.5) is 10.3 Å². The molecular weight excluding hydrogens is 344 g/mol. The van der Waals surface area contributed by atoms with Gasteiger partial charge in [0.25, 0.3) is 0 Å². The Kier molecular flexibility index (Phi) is 4.00. The van der Waals surface area contributed by atoms with Gasteiger partial charge in [-0.1, -0.05) is 6.08 Å². The standard InChI is InChI=1S/C13H13FIN3/c1-3-6-16-13-17-9(2)8-18(13)12-5-4-10(14)7-11(12)15/h3-5,7-8H,1,6H2,2H3,(H,16,17). The van der Waals surface area contributed by atoms with Crippen LogP contribution in [0.5, 0.6) is 0 Å². The molecule has 2 rings (SSSR count). The number of rotatable bonds is 4. The Labute approximate surface area is 119 Å². The number of imidazole rings is 1. The summed E-state index contributed by atoms with van der Waals surface area (Å²) >= 11 is 2.12. The normalized spacial score (nSPS) is 10.4. The number of halogens is 2. The highest BCUT2D eigenvalue weighted by molar-refractivity contribution is 14.1. The Morgan fingerprint density at radius 3 is 3.00 bits per heavy atom. The third kappa shape index (κ3) is 2.72. The largest absolute Gasteiger partial charge is 0.352 e. The van der Waals surface area contributed by atoms with Crippen LogP contribution in [0.15, 0.2) is 37.1 Å². The summed E-state index contributed by atoms with van der Waals surface area (Å²) in [5, 5.41) is 3.16. The highest BCUT2D eigenvalue weighted by Gasteiger charge is 2.10. The van der Waals surface area contributed by atoms with Crippen LogP contribution >= 0.6 is 22.6 Å². The fourth-order valence-corrected chi connectivity index (χ4v) is 2.38. The van der Waals surface area contributed by atoms with Crippen molar-refractivity contribution in [2.75, 3.05) is 11.9 Å². The summed E-state index contributed by atoms with van der Waals surface area (Å²) in [7, 11) is 0. The quantitative estimate of drug-likeness (QED) is 0.670. The van der Waals surface area contributed by atoms with E-state index in [2.05, 4.69) is 39.5 Å². The van der Waals surface area contributed by atoms with E-state index in [9.17, 15) is 4.39 Å². The first kappa shape index (κ1) is 13.1. The molecule has 0 amide bonds. The summed E-state index contributed by atoms with van der Waals surface area (Å²) in [6.45, 7) is 6.22. The molecule has 5 heteroatoms. The van der Waals surface area contributed by atoms with E-state index in [0.29, 0.717) is 6.54 Å². The molecule has 0 unspecified atom stereocenters. The third-order valence-corrected chi connectivity index (χ3v) is 3.26. The molecule has 94 valence electrons. The van der Waals surface area contributed by atoms with Crippen molar-refractivity contribution < 1.29 is 4.39 Å². The fraction of sp³-hybridized carbons (Fsp3) is 0.154. The molecule has 1 heterocycles. The molecule has 18 heavy (non-hydrogen) atoms. The lowest BCUT2D eigenvalue weighted by Gasteiger charge is -2.10. The van der Waals surface area contributed by atoms with Crippen molar-refractivity contribution in [3.8, 4) is 5.69 Å². The van der Waals surface area contributed by atoms with E-state index >= 15 is 0 Å². The van der Waals surface area contributed by atoms with E-state index < -0.39 is 0 Å². The van der Waals surface area contributed by atoms with Crippen molar-refractivity contribution >= 4 is 28.5 Å². The molecule has 0 bridgehead atoms. The molecule has 0 aliphatic carbocycles. The van der Waals surface area contributed by atoms with Crippen LogP contribution < -0.4 is 5.32 Å². The van der Waals surface area contributed by atoms with Crippen LogP contribution in [0.1, 0.15) is 5.69 Å². The summed E-state index contributed by atoms with van der Waals surface area (Å²) in [5.74, 6) is 0.498. The lowest BCUT2D eigenvalue weighted by molar-refractivity contribution is 0.626. The first-order valence-corrected chi connectivity index (χ1v) is 6.56. The molecular formula is C13H13FIN3. The second kappa shape index (κ2) is 5.51. The average Bonchev–Trinajstić information content (AvgIpc) is 2.67. The van der Waals surface area contributed by atoms with Crippen molar-refractivity contribution in [2.24, 2.45) is 0 Å². The molecule has 2 aromatic rings. The van der Waals surface area contributed by atoms with E-state index in [1.54, 1.807) is 12.1 Å². The zero-order valence-electron chi connectivity index (χ0n) is 9.95. The number of hydrogen-bond acceptors (Lipinski definition) is 2. The molecule has 0 spiro atoms. The SMILES string of the molecule is C=CCNc1nc(C)cn1-c1ccc(F)cc1I. The molecule has 0 radical (unpaired) electrons. The monoisotopic (exact) mass is 357 g/mol. The Hall–Kier alpha value is -1.37. The lowest BCUT2D eigenvalue weighted by atomic mass is 10.3. The Balaban J connectivity index is 2.45. The van der Waals surface area contributed by atoms with E-state index in [1.165, 1.54) is 12.1 Å². The topological polar surface area (TPSA) is 29.9 Å². The minimum Gasteiger partial charge on any atom is -0.352 e. The van der Waals surface area contributed by atoms with E-state index in [4.69, 9.17) is 0 Å². The van der Waals surface area contributed by atoms with Crippen molar-refractivity contribution in [1.29, 1.82) is 0 Å². The average molecular weight is 357 g/mol. The summed E-state index contributed by atoms with van der Waals surface area (Å²) in [4.78, 5) is 4.40. The molecule has 0 saturated heterocycles. The Morgan fingerprint density at radius 2 is 2.33 bits per heavy atom. The van der Waals surface area contributed by atoms with Gasteiger partial charge < -0.3 is 5.32 Å². The van der Waals surface area contributed by atoms with Crippen LogP contribution in [0, 0.1) is 16.3 Å². The minimum absolute atomic E-state index is 0.236. The molecule has 1 aromatic heterocycles. The Bertz CT molecular complexity index is 578. The summed E-state index contributed by atoms with van der Waals surface area (Å²) in [6, 6.07) is 4.70. The number of benzene rings is 1. The van der Waals surface area contributed by atoms with Crippen LogP contribution in [-0.4, -0.2) is 16.1 Å². The van der Waals surface area contributed by atoms with Crippen molar-refractivity contribution in [3.63, 3.8) is 0 Å². The zero-order valence-corrected chi connectivity index (χ0v) is 12.1. The van der Waals surface area contributed by atoms with Gasteiger partial charge in [0.05, 0.1) is 11.4 Å². The number of hydrogen-bond donors (Lipinski definition) is 1. The van der Waals surface area contributed by atoms with Gasteiger partial charge in [0.1, 0.15) is 5.82 Å². The van der Waals surface area contributed by atoms with Crippen molar-refractivity contribution in [1.82, 2.24) is 9.55 Å². The number of nitrogens with one attached hydrogen (secondary N) is 1. The van der Waals surface area contributed by atoms with Gasteiger partial charge in [0.2, 0.25) is 5.95 Å². The van der Waals surface area contributed by atoms with Crippen LogP contribution in [-0.2, 0) is 0 Å². The second-order valence-corrected chi connectivity index (χ2v) is 5.00. The van der Waals surface area contributed by atoms with Crippen LogP contribution in [0.3, 0.4) is 0 Å². The van der Waals surface area contributed by atoms with Gasteiger partial charge in [-0.2, -0.15) is 0 Å². The molecule has 0 fully saturated rings. The van der Waals surface area contributed by atoms with E-state index in [0.717, 1.165) is 20.9 Å². The molecule has 0 atom stereocenters. The lowest BCUT2D eigenvalue weighted by Crippen LogP contribution is -2.06. The zero-order chi connectivity index (χ0) is 13.1. The minimum atomic E-state index is -0.236. The van der Waals surface area contributed by atoms with Gasteiger partial charge in [-0.15, -0.1) is 6.58 Å². The first-order valence-electron chi connectivity index (χ1n) is 5.48. The smallest absolute Gasteiger partial charge is 0.208 e. The van der Waals surface area contributed by atoms with Gasteiger partial charge in [0.15, 0.2) is 0 Å². The summed E-state index contributed by atoms with van der Waals surface area (Å²) in [5.41, 5.74) is 1.81. The predicted octanol–water partition coefficient (Wildman–Crippen LogP) is 3.52. The van der Waals surface area contributed by atoms with Crippen molar-refractivity contribution in [3.05, 3.63) is 52.1 Å². The van der Waals surface area contributed by atoms with E-state index in [1.807, 2.05) is 17.7 Å².